The summed E-state index contributed by atoms with van der Waals surface area (Å²) in [5.41, 5.74) is -0.0104. The molecule has 1 fully saturated rings. The number of benzene rings is 1. The number of piperidine rings is 1. The second-order valence-corrected chi connectivity index (χ2v) is 5.16. The molecular formula is C15H22N2O4. The molecule has 1 aromatic rings. The zero-order chi connectivity index (χ0) is 15.1. The molecular weight excluding hydrogens is 272 g/mol. The number of ether oxygens (including phenoxy) is 2. The zero-order valence-corrected chi connectivity index (χ0v) is 12.3. The summed E-state index contributed by atoms with van der Waals surface area (Å²) in [5.74, 6) is 0.930. The lowest BCUT2D eigenvalue weighted by Gasteiger charge is -2.24. The third kappa shape index (κ3) is 4.60. The van der Waals surface area contributed by atoms with Gasteiger partial charge in [0.1, 0.15) is 11.9 Å². The van der Waals surface area contributed by atoms with E-state index in [2.05, 4.69) is 12.2 Å². The Labute approximate surface area is 124 Å². The predicted octanol–water partition coefficient (Wildman–Crippen LogP) is 2.90. The van der Waals surface area contributed by atoms with Gasteiger partial charge in [-0.1, -0.05) is 13.3 Å². The molecule has 2 rings (SSSR count). The van der Waals surface area contributed by atoms with Crippen molar-refractivity contribution in [1.82, 2.24) is 5.32 Å². The van der Waals surface area contributed by atoms with E-state index in [-0.39, 0.29) is 11.8 Å². The number of nitro groups is 1. The first-order chi connectivity index (χ1) is 10.2. The summed E-state index contributed by atoms with van der Waals surface area (Å²) in [5, 5.41) is 14.3. The molecule has 1 saturated heterocycles. The van der Waals surface area contributed by atoms with Gasteiger partial charge in [-0.05, 0) is 38.4 Å². The summed E-state index contributed by atoms with van der Waals surface area (Å²) in [6, 6.07) is 4.74. The molecule has 21 heavy (non-hydrogen) atoms. The van der Waals surface area contributed by atoms with Crippen molar-refractivity contribution in [2.24, 2.45) is 0 Å². The fourth-order valence-corrected chi connectivity index (χ4v) is 2.27. The largest absolute Gasteiger partial charge is 0.490 e. The number of nitrogens with one attached hydrogen (secondary N) is 1. The highest BCUT2D eigenvalue weighted by Gasteiger charge is 2.19. The van der Waals surface area contributed by atoms with E-state index in [0.29, 0.717) is 18.1 Å². The Morgan fingerprint density at radius 1 is 1.38 bits per heavy atom. The molecule has 0 aromatic heterocycles. The van der Waals surface area contributed by atoms with Gasteiger partial charge in [0, 0.05) is 12.1 Å². The van der Waals surface area contributed by atoms with Crippen molar-refractivity contribution in [2.75, 3.05) is 19.7 Å². The third-order valence-electron chi connectivity index (χ3n) is 3.47. The van der Waals surface area contributed by atoms with Gasteiger partial charge in [-0.2, -0.15) is 0 Å². The molecule has 1 heterocycles. The quantitative estimate of drug-likeness (QED) is 0.475. The van der Waals surface area contributed by atoms with E-state index in [4.69, 9.17) is 9.47 Å². The minimum absolute atomic E-state index is 0.0104. The van der Waals surface area contributed by atoms with E-state index in [1.807, 2.05) is 0 Å². The number of rotatable bonds is 7. The highest BCUT2D eigenvalue weighted by Crippen LogP contribution is 2.32. The average Bonchev–Trinajstić information content (AvgIpc) is 2.48. The molecule has 6 nitrogen and oxygen atoms in total. The second kappa shape index (κ2) is 7.83. The van der Waals surface area contributed by atoms with Crippen LogP contribution in [0.2, 0.25) is 0 Å². The molecule has 1 N–H and O–H groups in total. The normalized spacial score (nSPS) is 15.7. The minimum Gasteiger partial charge on any atom is -0.490 e. The molecule has 0 radical (unpaired) electrons. The maximum atomic E-state index is 11.0. The highest BCUT2D eigenvalue weighted by molar-refractivity contribution is 5.50. The lowest BCUT2D eigenvalue weighted by molar-refractivity contribution is -0.385. The fraction of sp³-hybridized carbons (Fsp3) is 0.600. The number of unbranched alkanes of at least 4 members (excludes halogenated alkanes) is 1. The van der Waals surface area contributed by atoms with Crippen molar-refractivity contribution in [2.45, 2.75) is 38.7 Å². The van der Waals surface area contributed by atoms with E-state index in [0.717, 1.165) is 38.8 Å². The fourth-order valence-electron chi connectivity index (χ4n) is 2.27. The summed E-state index contributed by atoms with van der Waals surface area (Å²) in [7, 11) is 0. The minimum atomic E-state index is -0.421. The second-order valence-electron chi connectivity index (χ2n) is 5.16. The lowest BCUT2D eigenvalue weighted by atomic mass is 10.1. The smallest absolute Gasteiger partial charge is 0.311 e. The third-order valence-corrected chi connectivity index (χ3v) is 3.47. The van der Waals surface area contributed by atoms with Crippen LogP contribution in [0.1, 0.15) is 32.6 Å². The molecule has 0 atom stereocenters. The van der Waals surface area contributed by atoms with E-state index in [9.17, 15) is 10.1 Å². The SMILES string of the molecule is CCCCOc1cc(OC2CCNCC2)ccc1[N+](=O)[O-]. The van der Waals surface area contributed by atoms with Crippen molar-refractivity contribution in [3.8, 4) is 11.5 Å². The molecule has 0 unspecified atom stereocenters. The maximum Gasteiger partial charge on any atom is 0.311 e. The zero-order valence-electron chi connectivity index (χ0n) is 12.3. The van der Waals surface area contributed by atoms with Gasteiger partial charge in [0.25, 0.3) is 0 Å². The molecule has 116 valence electrons. The van der Waals surface area contributed by atoms with Gasteiger partial charge in [-0.15, -0.1) is 0 Å². The molecule has 1 aliphatic heterocycles. The summed E-state index contributed by atoms with van der Waals surface area (Å²) < 4.78 is 11.4. The highest BCUT2D eigenvalue weighted by atomic mass is 16.6. The van der Waals surface area contributed by atoms with Crippen LogP contribution in [-0.2, 0) is 0 Å². The van der Waals surface area contributed by atoms with Gasteiger partial charge < -0.3 is 14.8 Å². The van der Waals surface area contributed by atoms with Crippen molar-refractivity contribution >= 4 is 5.69 Å². The summed E-state index contributed by atoms with van der Waals surface area (Å²) in [6.45, 7) is 4.41. The van der Waals surface area contributed by atoms with E-state index in [1.54, 1.807) is 12.1 Å². The first-order valence-electron chi connectivity index (χ1n) is 7.49. The monoisotopic (exact) mass is 294 g/mol. The Bertz CT molecular complexity index is 473. The van der Waals surface area contributed by atoms with E-state index in [1.165, 1.54) is 6.07 Å². The molecule has 1 aliphatic rings. The predicted molar refractivity (Wildman–Crippen MR) is 80.0 cm³/mol. The van der Waals surface area contributed by atoms with Crippen LogP contribution < -0.4 is 14.8 Å². The summed E-state index contributed by atoms with van der Waals surface area (Å²) >= 11 is 0. The van der Waals surface area contributed by atoms with Gasteiger partial charge in [-0.3, -0.25) is 10.1 Å². The summed E-state index contributed by atoms with van der Waals surface area (Å²) in [4.78, 5) is 10.6. The molecule has 0 spiro atoms. The van der Waals surface area contributed by atoms with Crippen molar-refractivity contribution in [3.63, 3.8) is 0 Å². The first kappa shape index (κ1) is 15.6. The number of hydrogen-bond acceptors (Lipinski definition) is 5. The van der Waals surface area contributed by atoms with E-state index >= 15 is 0 Å². The average molecular weight is 294 g/mol. The Balaban J connectivity index is 2.07. The van der Waals surface area contributed by atoms with Crippen molar-refractivity contribution < 1.29 is 14.4 Å². The Morgan fingerprint density at radius 3 is 2.81 bits per heavy atom. The Morgan fingerprint density at radius 2 is 2.14 bits per heavy atom. The van der Waals surface area contributed by atoms with Crippen LogP contribution in [-0.4, -0.2) is 30.7 Å². The van der Waals surface area contributed by atoms with Gasteiger partial charge in [0.15, 0.2) is 0 Å². The van der Waals surface area contributed by atoms with Gasteiger partial charge in [0.05, 0.1) is 11.5 Å². The molecule has 0 amide bonds. The van der Waals surface area contributed by atoms with Gasteiger partial charge >= 0.3 is 5.69 Å². The van der Waals surface area contributed by atoms with Crippen molar-refractivity contribution in [3.05, 3.63) is 28.3 Å². The first-order valence-corrected chi connectivity index (χ1v) is 7.49. The Kier molecular flexibility index (Phi) is 5.80. The van der Waals surface area contributed by atoms with Crippen LogP contribution in [0.4, 0.5) is 5.69 Å². The van der Waals surface area contributed by atoms with Crippen LogP contribution in [0.25, 0.3) is 0 Å². The summed E-state index contributed by atoms with van der Waals surface area (Å²) in [6.07, 6.45) is 3.91. The topological polar surface area (TPSA) is 73.6 Å². The van der Waals surface area contributed by atoms with Crippen LogP contribution in [0.15, 0.2) is 18.2 Å². The van der Waals surface area contributed by atoms with Crippen LogP contribution >= 0.6 is 0 Å². The standard InChI is InChI=1S/C15H22N2O4/c1-2-3-10-20-15-11-13(4-5-14(15)17(18)19)21-12-6-8-16-9-7-12/h4-5,11-12,16H,2-3,6-10H2,1H3. The number of hydrogen-bond donors (Lipinski definition) is 1. The molecule has 6 heteroatoms. The van der Waals surface area contributed by atoms with E-state index < -0.39 is 4.92 Å². The Hall–Kier alpha value is -1.82. The molecule has 0 saturated carbocycles. The van der Waals surface area contributed by atoms with Gasteiger partial charge in [0.2, 0.25) is 5.75 Å². The molecule has 0 aliphatic carbocycles. The number of nitrogens with zero attached hydrogens (tertiary/aromatic N) is 1. The van der Waals surface area contributed by atoms with Crippen LogP contribution in [0.3, 0.4) is 0 Å². The van der Waals surface area contributed by atoms with Gasteiger partial charge in [-0.25, -0.2) is 0 Å². The van der Waals surface area contributed by atoms with Crippen LogP contribution in [0, 0.1) is 10.1 Å². The van der Waals surface area contributed by atoms with Crippen molar-refractivity contribution in [1.29, 1.82) is 0 Å². The maximum absolute atomic E-state index is 11.0. The lowest BCUT2D eigenvalue weighted by Crippen LogP contribution is -2.34. The number of nitro benzene ring substituents is 1. The van der Waals surface area contributed by atoms with Crippen LogP contribution in [0.5, 0.6) is 11.5 Å². The molecule has 1 aromatic carbocycles. The molecule has 0 bridgehead atoms.